The van der Waals surface area contributed by atoms with E-state index in [1.165, 1.54) is 0 Å². The maximum absolute atomic E-state index is 11.2. The molecule has 6 atom stereocenters. The number of hydrogen-bond donors (Lipinski definition) is 6. The van der Waals surface area contributed by atoms with Crippen LogP contribution in [-0.4, -0.2) is 80.2 Å². The second kappa shape index (κ2) is 7.55. The molecule has 0 spiro atoms. The zero-order valence-corrected chi connectivity index (χ0v) is 12.1. The summed E-state index contributed by atoms with van der Waals surface area (Å²) in [4.78, 5) is 24.8. The summed E-state index contributed by atoms with van der Waals surface area (Å²) in [6, 6.07) is -2.84. The second-order valence-electron chi connectivity index (χ2n) is 5.12. The number of hydrogen-bond acceptors (Lipinski definition) is 8. The molecule has 0 aromatic heterocycles. The van der Waals surface area contributed by atoms with Crippen molar-refractivity contribution in [1.29, 1.82) is 0 Å². The molecule has 0 radical (unpaired) electrons. The first kappa shape index (κ1) is 19.1. The molecule has 1 rings (SSSR count). The van der Waals surface area contributed by atoms with E-state index in [0.29, 0.717) is 0 Å². The average Bonchev–Trinajstić information content (AvgIpc) is 2.46. The number of nitrogens with zero attached hydrogens (tertiary/aromatic N) is 3. The summed E-state index contributed by atoms with van der Waals surface area (Å²) in [7, 11) is 0. The van der Waals surface area contributed by atoms with Gasteiger partial charge in [-0.05, 0) is 5.53 Å². The van der Waals surface area contributed by atoms with Crippen molar-refractivity contribution in [2.75, 3.05) is 6.61 Å². The van der Waals surface area contributed by atoms with Gasteiger partial charge in [0.25, 0.3) is 5.79 Å². The number of ether oxygens (including phenoxy) is 1. The third-order valence-corrected chi connectivity index (χ3v) is 3.39. The Morgan fingerprint density at radius 3 is 2.61 bits per heavy atom. The fourth-order valence-electron chi connectivity index (χ4n) is 2.34. The van der Waals surface area contributed by atoms with E-state index in [2.05, 4.69) is 15.3 Å². The number of aliphatic hydroxyl groups is 4. The number of carbonyl (C=O) groups is 2. The Labute approximate surface area is 129 Å². The van der Waals surface area contributed by atoms with Gasteiger partial charge in [0.05, 0.1) is 37.0 Å². The Balaban J connectivity index is 3.26. The van der Waals surface area contributed by atoms with E-state index in [9.17, 15) is 24.9 Å². The van der Waals surface area contributed by atoms with Gasteiger partial charge in [0.2, 0.25) is 5.91 Å². The van der Waals surface area contributed by atoms with Crippen molar-refractivity contribution in [3.05, 3.63) is 10.4 Å². The summed E-state index contributed by atoms with van der Waals surface area (Å²) < 4.78 is 5.00. The van der Waals surface area contributed by atoms with Crippen molar-refractivity contribution in [1.82, 2.24) is 5.32 Å². The number of amides is 1. The third-order valence-electron chi connectivity index (χ3n) is 3.39. The molecule has 0 aliphatic carbocycles. The molecule has 12 nitrogen and oxygen atoms in total. The predicted molar refractivity (Wildman–Crippen MR) is 71.7 cm³/mol. The van der Waals surface area contributed by atoms with E-state index < -0.39 is 61.1 Å². The largest absolute Gasteiger partial charge is 0.477 e. The summed E-state index contributed by atoms with van der Waals surface area (Å²) in [5.74, 6) is -5.22. The highest BCUT2D eigenvalue weighted by atomic mass is 16.7. The average molecular weight is 334 g/mol. The van der Waals surface area contributed by atoms with Gasteiger partial charge in [-0.25, -0.2) is 4.79 Å². The van der Waals surface area contributed by atoms with Crippen LogP contribution in [0.3, 0.4) is 0 Å². The molecule has 0 bridgehead atoms. The second-order valence-corrected chi connectivity index (χ2v) is 5.12. The lowest BCUT2D eigenvalue weighted by molar-refractivity contribution is -0.282. The zero-order valence-electron chi connectivity index (χ0n) is 12.1. The van der Waals surface area contributed by atoms with Gasteiger partial charge in [-0.15, -0.1) is 0 Å². The molecule has 1 aliphatic rings. The number of nitrogens with one attached hydrogen (secondary N) is 1. The van der Waals surface area contributed by atoms with Crippen LogP contribution < -0.4 is 5.32 Å². The number of aliphatic hydroxyl groups excluding tert-OH is 3. The van der Waals surface area contributed by atoms with Crippen LogP contribution in [-0.2, 0) is 14.3 Å². The van der Waals surface area contributed by atoms with E-state index in [-0.39, 0.29) is 0 Å². The SMILES string of the molecule is CC(=O)N[C@H]1[C@H]([C@H](N=[N+]=[N-])[C@H](O)CO)OC(O)(C(=O)O)C[C@@H]1O. The lowest BCUT2D eigenvalue weighted by atomic mass is 9.87. The standard InChI is InChI=1S/C11H18N4O8/c1-4(17)13-7-5(18)2-11(22,10(20)21)23-9(7)8(14-15-12)6(19)3-16/h5-9,16,18-19,22H,2-3H2,1H3,(H,13,17)(H,20,21)/t5-,6+,7+,8+,9+,11?/m0/s1. The Hall–Kier alpha value is -1.95. The highest BCUT2D eigenvalue weighted by Gasteiger charge is 2.53. The Kier molecular flexibility index (Phi) is 6.27. The van der Waals surface area contributed by atoms with Crippen molar-refractivity contribution in [2.24, 2.45) is 5.11 Å². The molecule has 0 aromatic carbocycles. The van der Waals surface area contributed by atoms with Gasteiger partial charge in [0, 0.05) is 18.3 Å². The van der Waals surface area contributed by atoms with Crippen molar-refractivity contribution >= 4 is 11.9 Å². The highest BCUT2D eigenvalue weighted by molar-refractivity contribution is 5.76. The van der Waals surface area contributed by atoms with Crippen LogP contribution in [0.5, 0.6) is 0 Å². The topological polar surface area (TPSA) is 205 Å². The molecule has 12 heteroatoms. The number of carboxylic acids is 1. The molecule has 130 valence electrons. The first-order chi connectivity index (χ1) is 10.7. The van der Waals surface area contributed by atoms with Gasteiger partial charge in [0.15, 0.2) is 0 Å². The molecule has 0 saturated carbocycles. The first-order valence-electron chi connectivity index (χ1n) is 6.58. The molecule has 6 N–H and O–H groups in total. The molecule has 1 amide bonds. The van der Waals surface area contributed by atoms with E-state index in [1.54, 1.807) is 0 Å². The van der Waals surface area contributed by atoms with Crippen LogP contribution in [0.25, 0.3) is 10.4 Å². The summed E-state index contributed by atoms with van der Waals surface area (Å²) in [6.45, 7) is 0.255. The van der Waals surface area contributed by atoms with Gasteiger partial charge < -0.3 is 35.6 Å². The Morgan fingerprint density at radius 1 is 1.57 bits per heavy atom. The van der Waals surface area contributed by atoms with Crippen molar-refractivity contribution in [3.8, 4) is 0 Å². The Bertz CT molecular complexity index is 510. The minimum atomic E-state index is -2.81. The van der Waals surface area contributed by atoms with Crippen LogP contribution in [0.2, 0.25) is 0 Å². The lowest BCUT2D eigenvalue weighted by Crippen LogP contribution is -2.66. The summed E-state index contributed by atoms with van der Waals surface area (Å²) >= 11 is 0. The molecule has 1 aliphatic heterocycles. The van der Waals surface area contributed by atoms with E-state index in [0.717, 1.165) is 6.92 Å². The van der Waals surface area contributed by atoms with Gasteiger partial charge >= 0.3 is 5.97 Å². The minimum Gasteiger partial charge on any atom is -0.477 e. The molecule has 1 fully saturated rings. The van der Waals surface area contributed by atoms with E-state index >= 15 is 0 Å². The lowest BCUT2D eigenvalue weighted by Gasteiger charge is -2.45. The molecular weight excluding hydrogens is 316 g/mol. The van der Waals surface area contributed by atoms with Crippen molar-refractivity contribution < 1.29 is 39.9 Å². The molecule has 23 heavy (non-hydrogen) atoms. The predicted octanol–water partition coefficient (Wildman–Crippen LogP) is -2.55. The number of azide groups is 1. The van der Waals surface area contributed by atoms with Crippen LogP contribution in [0.4, 0.5) is 0 Å². The maximum atomic E-state index is 11.2. The number of carbonyl (C=O) groups excluding carboxylic acids is 1. The molecule has 1 saturated heterocycles. The van der Waals surface area contributed by atoms with Gasteiger partial charge in [-0.1, -0.05) is 5.11 Å². The van der Waals surface area contributed by atoms with Crippen LogP contribution in [0.1, 0.15) is 13.3 Å². The number of aliphatic carboxylic acids is 1. The molecule has 1 heterocycles. The minimum absolute atomic E-state index is 0.610. The summed E-state index contributed by atoms with van der Waals surface area (Å²) in [6.07, 6.45) is -5.60. The van der Waals surface area contributed by atoms with E-state index in [1.807, 2.05) is 0 Å². The summed E-state index contributed by atoms with van der Waals surface area (Å²) in [5.41, 5.74) is 8.57. The molecular formula is C11H18N4O8. The smallest absolute Gasteiger partial charge is 0.364 e. The van der Waals surface area contributed by atoms with Crippen LogP contribution in [0, 0.1) is 0 Å². The fraction of sp³-hybridized carbons (Fsp3) is 0.818. The Morgan fingerprint density at radius 2 is 2.17 bits per heavy atom. The monoisotopic (exact) mass is 334 g/mol. The fourth-order valence-corrected chi connectivity index (χ4v) is 2.34. The highest BCUT2D eigenvalue weighted by Crippen LogP contribution is 2.31. The van der Waals surface area contributed by atoms with Crippen molar-refractivity contribution in [2.45, 2.75) is 49.5 Å². The van der Waals surface area contributed by atoms with Crippen LogP contribution >= 0.6 is 0 Å². The number of carboxylic acid groups (broad SMARTS) is 1. The first-order valence-corrected chi connectivity index (χ1v) is 6.58. The maximum Gasteiger partial charge on any atom is 0.364 e. The van der Waals surface area contributed by atoms with Gasteiger partial charge in [0.1, 0.15) is 0 Å². The van der Waals surface area contributed by atoms with Gasteiger partial charge in [-0.3, -0.25) is 4.79 Å². The quantitative estimate of drug-likeness (QED) is 0.173. The summed E-state index contributed by atoms with van der Waals surface area (Å²) in [5, 5.41) is 53.3. The van der Waals surface area contributed by atoms with Crippen molar-refractivity contribution in [3.63, 3.8) is 0 Å². The van der Waals surface area contributed by atoms with E-state index in [4.69, 9.17) is 20.5 Å². The molecule has 0 aromatic rings. The third kappa shape index (κ3) is 4.28. The van der Waals surface area contributed by atoms with Gasteiger partial charge in [-0.2, -0.15) is 0 Å². The normalized spacial score (nSPS) is 33.2. The number of rotatable bonds is 6. The van der Waals surface area contributed by atoms with Crippen LogP contribution in [0.15, 0.2) is 5.11 Å². The molecule has 1 unspecified atom stereocenters. The zero-order chi connectivity index (χ0) is 17.8.